The van der Waals surface area contributed by atoms with Crippen molar-refractivity contribution in [1.29, 1.82) is 0 Å². The predicted octanol–water partition coefficient (Wildman–Crippen LogP) is 3.84. The third-order valence-electron chi connectivity index (χ3n) is 6.36. The van der Waals surface area contributed by atoms with Crippen LogP contribution in [0.15, 0.2) is 72.8 Å². The van der Waals surface area contributed by atoms with Gasteiger partial charge in [-0.05, 0) is 35.9 Å². The molecule has 0 unspecified atom stereocenters. The first-order valence-electron chi connectivity index (χ1n) is 14.2. The zero-order chi connectivity index (χ0) is 30.4. The molecule has 0 bridgehead atoms. The maximum absolute atomic E-state index is 13.6. The van der Waals surface area contributed by atoms with E-state index in [9.17, 15) is 9.18 Å². The van der Waals surface area contributed by atoms with Crippen LogP contribution in [0.4, 0.5) is 22.2 Å². The van der Waals surface area contributed by atoms with Crippen molar-refractivity contribution in [3.05, 3.63) is 95.3 Å². The second-order valence-corrected chi connectivity index (χ2v) is 9.57. The molecule has 5 rings (SSSR count). The highest BCUT2D eigenvalue weighted by Crippen LogP contribution is 2.35. The summed E-state index contributed by atoms with van der Waals surface area (Å²) in [4.78, 5) is 25.4. The summed E-state index contributed by atoms with van der Waals surface area (Å²) in [5.41, 5.74) is 2.27. The fourth-order valence-electron chi connectivity index (χ4n) is 4.23. The Kier molecular flexibility index (Phi) is 11.1. The normalized spacial score (nSPS) is 11.7. The SMILES string of the molecule is O=C(NCCOCCOCCNc1nc(NCc2cccc(F)c2)nc(NCc2cccc3c2OCO3)n1)c1ccccc1. The highest BCUT2D eigenvalue weighted by atomic mass is 19.1. The first kappa shape index (κ1) is 30.4. The molecule has 4 N–H and O–H groups in total. The number of rotatable bonds is 17. The van der Waals surface area contributed by atoms with Crippen LogP contribution in [0.25, 0.3) is 0 Å². The first-order chi connectivity index (χ1) is 21.6. The van der Waals surface area contributed by atoms with E-state index in [0.29, 0.717) is 87.5 Å². The fraction of sp³-hybridized carbons (Fsp3) is 0.290. The Hall–Kier alpha value is -5.01. The molecule has 0 fully saturated rings. The zero-order valence-corrected chi connectivity index (χ0v) is 24.1. The van der Waals surface area contributed by atoms with Crippen molar-refractivity contribution in [2.45, 2.75) is 13.1 Å². The molecular weight excluding hydrogens is 569 g/mol. The number of nitrogens with one attached hydrogen (secondary N) is 4. The summed E-state index contributed by atoms with van der Waals surface area (Å²) in [6.07, 6.45) is 0. The summed E-state index contributed by atoms with van der Waals surface area (Å²) < 4.78 is 35.8. The number of benzene rings is 3. The van der Waals surface area contributed by atoms with Crippen LogP contribution in [0.5, 0.6) is 11.5 Å². The summed E-state index contributed by atoms with van der Waals surface area (Å²) in [5.74, 6) is 1.94. The Morgan fingerprint density at radius 2 is 1.45 bits per heavy atom. The van der Waals surface area contributed by atoms with E-state index in [-0.39, 0.29) is 18.5 Å². The van der Waals surface area contributed by atoms with Gasteiger partial charge < -0.3 is 40.2 Å². The standard InChI is InChI=1S/C31H34FN7O5/c32-25-10-4-6-22(18-25)19-35-30-37-29(38-31(39-30)36-20-24-9-5-11-26-27(24)44-21-43-26)34-13-15-42-17-16-41-14-12-33-28(40)23-7-2-1-3-8-23/h1-11,18H,12-17,19-21H2,(H,33,40)(H3,34,35,36,37,38,39). The number of fused-ring (bicyclic) bond motifs is 1. The van der Waals surface area contributed by atoms with E-state index >= 15 is 0 Å². The number of hydrogen-bond donors (Lipinski definition) is 4. The van der Waals surface area contributed by atoms with Crippen LogP contribution < -0.4 is 30.7 Å². The summed E-state index contributed by atoms with van der Waals surface area (Å²) in [6, 6.07) is 21.0. The minimum Gasteiger partial charge on any atom is -0.454 e. The van der Waals surface area contributed by atoms with Gasteiger partial charge in [0.15, 0.2) is 11.5 Å². The van der Waals surface area contributed by atoms with Gasteiger partial charge in [-0.25, -0.2) is 4.39 Å². The molecule has 1 aliphatic heterocycles. The van der Waals surface area contributed by atoms with Crippen molar-refractivity contribution in [2.24, 2.45) is 0 Å². The van der Waals surface area contributed by atoms with Crippen LogP contribution in [0.1, 0.15) is 21.5 Å². The van der Waals surface area contributed by atoms with Crippen molar-refractivity contribution in [1.82, 2.24) is 20.3 Å². The lowest BCUT2D eigenvalue weighted by atomic mass is 10.2. The van der Waals surface area contributed by atoms with Crippen molar-refractivity contribution in [3.63, 3.8) is 0 Å². The van der Waals surface area contributed by atoms with Crippen LogP contribution in [0.2, 0.25) is 0 Å². The van der Waals surface area contributed by atoms with Gasteiger partial charge in [-0.15, -0.1) is 0 Å². The predicted molar refractivity (Wildman–Crippen MR) is 162 cm³/mol. The van der Waals surface area contributed by atoms with Gasteiger partial charge >= 0.3 is 0 Å². The smallest absolute Gasteiger partial charge is 0.251 e. The van der Waals surface area contributed by atoms with Crippen molar-refractivity contribution in [3.8, 4) is 11.5 Å². The summed E-state index contributed by atoms with van der Waals surface area (Å²) in [6.45, 7) is 3.33. The van der Waals surface area contributed by atoms with E-state index in [1.54, 1.807) is 18.2 Å². The number of halogens is 1. The molecule has 2 heterocycles. The van der Waals surface area contributed by atoms with E-state index in [0.717, 1.165) is 11.1 Å². The molecule has 230 valence electrons. The maximum atomic E-state index is 13.6. The highest BCUT2D eigenvalue weighted by molar-refractivity contribution is 5.94. The van der Waals surface area contributed by atoms with Crippen LogP contribution >= 0.6 is 0 Å². The number of nitrogens with zero attached hydrogens (tertiary/aromatic N) is 3. The lowest BCUT2D eigenvalue weighted by molar-refractivity contribution is 0.0519. The van der Waals surface area contributed by atoms with Gasteiger partial charge in [0.2, 0.25) is 24.6 Å². The molecule has 12 nitrogen and oxygen atoms in total. The highest BCUT2D eigenvalue weighted by Gasteiger charge is 2.17. The van der Waals surface area contributed by atoms with Gasteiger partial charge in [-0.2, -0.15) is 15.0 Å². The van der Waals surface area contributed by atoms with Gasteiger partial charge in [-0.1, -0.05) is 42.5 Å². The number of carbonyl (C=O) groups excluding carboxylic acids is 1. The van der Waals surface area contributed by atoms with E-state index in [1.807, 2.05) is 42.5 Å². The van der Waals surface area contributed by atoms with Crippen molar-refractivity contribution < 1.29 is 28.1 Å². The minimum atomic E-state index is -0.313. The molecular formula is C31H34FN7O5. The Morgan fingerprint density at radius 1 is 0.750 bits per heavy atom. The average molecular weight is 604 g/mol. The molecule has 1 aromatic heterocycles. The number of amides is 1. The molecule has 0 saturated carbocycles. The average Bonchev–Trinajstić information content (AvgIpc) is 3.54. The Balaban J connectivity index is 1.06. The molecule has 44 heavy (non-hydrogen) atoms. The van der Waals surface area contributed by atoms with Crippen LogP contribution in [0, 0.1) is 5.82 Å². The molecule has 3 aromatic carbocycles. The van der Waals surface area contributed by atoms with E-state index < -0.39 is 0 Å². The monoisotopic (exact) mass is 603 g/mol. The second kappa shape index (κ2) is 16.0. The molecule has 4 aromatic rings. The second-order valence-electron chi connectivity index (χ2n) is 9.57. The van der Waals surface area contributed by atoms with Crippen molar-refractivity contribution >= 4 is 23.8 Å². The number of carbonyl (C=O) groups is 1. The van der Waals surface area contributed by atoms with Gasteiger partial charge in [0.1, 0.15) is 5.82 Å². The Morgan fingerprint density at radius 3 is 2.23 bits per heavy atom. The van der Waals surface area contributed by atoms with Gasteiger partial charge in [0, 0.05) is 37.3 Å². The number of aromatic nitrogens is 3. The molecule has 0 aliphatic carbocycles. The zero-order valence-electron chi connectivity index (χ0n) is 24.1. The summed E-state index contributed by atoms with van der Waals surface area (Å²) >= 11 is 0. The topological polar surface area (TPSA) is 141 Å². The van der Waals surface area contributed by atoms with Crippen LogP contribution in [0.3, 0.4) is 0 Å². The number of hydrogen-bond acceptors (Lipinski definition) is 11. The molecule has 13 heteroatoms. The lowest BCUT2D eigenvalue weighted by Crippen LogP contribution is -2.27. The fourth-order valence-corrected chi connectivity index (χ4v) is 4.23. The van der Waals surface area contributed by atoms with Gasteiger partial charge in [-0.3, -0.25) is 4.79 Å². The summed E-state index contributed by atoms with van der Waals surface area (Å²) in [5, 5.41) is 12.3. The minimum absolute atomic E-state index is 0.132. The van der Waals surface area contributed by atoms with Gasteiger partial charge in [0.25, 0.3) is 5.91 Å². The molecule has 0 atom stereocenters. The van der Waals surface area contributed by atoms with Crippen LogP contribution in [-0.4, -0.2) is 67.2 Å². The molecule has 1 amide bonds. The maximum Gasteiger partial charge on any atom is 0.251 e. The largest absolute Gasteiger partial charge is 0.454 e. The van der Waals surface area contributed by atoms with Crippen molar-refractivity contribution in [2.75, 3.05) is 62.3 Å². The van der Waals surface area contributed by atoms with E-state index in [2.05, 4.69) is 36.2 Å². The molecule has 1 aliphatic rings. The molecule has 0 spiro atoms. The number of anilines is 3. The third kappa shape index (κ3) is 9.24. The van der Waals surface area contributed by atoms with Gasteiger partial charge in [0.05, 0.1) is 26.4 Å². The van der Waals surface area contributed by atoms with Crippen LogP contribution in [-0.2, 0) is 22.6 Å². The summed E-state index contributed by atoms with van der Waals surface area (Å²) in [7, 11) is 0. The van der Waals surface area contributed by atoms with E-state index in [1.165, 1.54) is 12.1 Å². The Bertz CT molecular complexity index is 1510. The first-order valence-corrected chi connectivity index (χ1v) is 14.2. The number of ether oxygens (including phenoxy) is 4. The third-order valence-corrected chi connectivity index (χ3v) is 6.36. The molecule has 0 radical (unpaired) electrons. The quantitative estimate of drug-likeness (QED) is 0.131. The Labute approximate surface area is 254 Å². The number of para-hydroxylation sites is 1. The lowest BCUT2D eigenvalue weighted by Gasteiger charge is -2.12. The molecule has 0 saturated heterocycles. The van der Waals surface area contributed by atoms with E-state index in [4.69, 9.17) is 18.9 Å².